The first-order valence-corrected chi connectivity index (χ1v) is 6.72. The van der Waals surface area contributed by atoms with Crippen LogP contribution < -0.4 is 0 Å². The molecular formula is C15H24. The summed E-state index contributed by atoms with van der Waals surface area (Å²) in [4.78, 5) is 0. The fraction of sp³-hybridized carbons (Fsp3) is 0.733. The highest BCUT2D eigenvalue weighted by atomic mass is 14.4. The van der Waals surface area contributed by atoms with E-state index in [9.17, 15) is 0 Å². The fourth-order valence-electron chi connectivity index (χ4n) is 3.52. The Balaban J connectivity index is 2.10. The Hall–Kier alpha value is -0.520. The summed E-state index contributed by atoms with van der Waals surface area (Å²) in [5.41, 5.74) is 0.532. The van der Waals surface area contributed by atoms with E-state index in [1.807, 2.05) is 0 Å². The molecule has 0 heteroatoms. The van der Waals surface area contributed by atoms with Gasteiger partial charge in [0.1, 0.15) is 0 Å². The molecule has 84 valence electrons. The Labute approximate surface area is 94.5 Å². The summed E-state index contributed by atoms with van der Waals surface area (Å²) in [6.07, 6.45) is 20.8. The minimum absolute atomic E-state index is 0.532. The van der Waals surface area contributed by atoms with E-state index in [2.05, 4.69) is 31.2 Å². The van der Waals surface area contributed by atoms with Gasteiger partial charge in [-0.3, -0.25) is 0 Å². The van der Waals surface area contributed by atoms with Gasteiger partial charge in [-0.15, -0.1) is 0 Å². The van der Waals surface area contributed by atoms with Crippen LogP contribution in [0.4, 0.5) is 0 Å². The lowest BCUT2D eigenvalue weighted by molar-refractivity contribution is 0.157. The molecule has 0 aliphatic heterocycles. The molecular weight excluding hydrogens is 180 g/mol. The number of rotatable bonds is 3. The summed E-state index contributed by atoms with van der Waals surface area (Å²) in [7, 11) is 0. The van der Waals surface area contributed by atoms with E-state index in [-0.39, 0.29) is 0 Å². The number of hydrogen-bond acceptors (Lipinski definition) is 0. The van der Waals surface area contributed by atoms with Crippen LogP contribution in [0.1, 0.15) is 58.3 Å². The second-order valence-electron chi connectivity index (χ2n) is 5.31. The summed E-state index contributed by atoms with van der Waals surface area (Å²) in [5, 5.41) is 0. The van der Waals surface area contributed by atoms with Gasteiger partial charge in [-0.1, -0.05) is 56.9 Å². The topological polar surface area (TPSA) is 0 Å². The summed E-state index contributed by atoms with van der Waals surface area (Å²) in [6.45, 7) is 2.33. The third kappa shape index (κ3) is 2.35. The van der Waals surface area contributed by atoms with Gasteiger partial charge < -0.3 is 0 Å². The maximum Gasteiger partial charge on any atom is -0.00524 e. The minimum Gasteiger partial charge on any atom is -0.0837 e. The highest BCUT2D eigenvalue weighted by Crippen LogP contribution is 2.46. The van der Waals surface area contributed by atoms with Gasteiger partial charge in [0, 0.05) is 0 Å². The monoisotopic (exact) mass is 204 g/mol. The highest BCUT2D eigenvalue weighted by Gasteiger charge is 2.35. The first kappa shape index (κ1) is 11.0. The van der Waals surface area contributed by atoms with Crippen LogP contribution in [0.2, 0.25) is 0 Å². The Morgan fingerprint density at radius 3 is 2.53 bits per heavy atom. The zero-order valence-corrected chi connectivity index (χ0v) is 10.0. The molecule has 1 saturated carbocycles. The van der Waals surface area contributed by atoms with E-state index >= 15 is 0 Å². The number of allylic oxidation sites excluding steroid dienone is 4. The maximum absolute atomic E-state index is 2.52. The molecule has 0 heterocycles. The van der Waals surface area contributed by atoms with E-state index in [4.69, 9.17) is 0 Å². The van der Waals surface area contributed by atoms with Crippen molar-refractivity contribution in [1.29, 1.82) is 0 Å². The van der Waals surface area contributed by atoms with Crippen LogP contribution in [0, 0.1) is 11.3 Å². The lowest BCUT2D eigenvalue weighted by Crippen LogP contribution is -2.30. The quantitative estimate of drug-likeness (QED) is 0.615. The zero-order chi connectivity index (χ0) is 10.6. The predicted octanol–water partition coefficient (Wildman–Crippen LogP) is 4.87. The highest BCUT2D eigenvalue weighted by molar-refractivity contribution is 5.18. The standard InChI is InChI=1S/C15H24/c1-2-11-15(12-7-4-8-13-15)14-9-5-3-6-10-14/h4,7-8,12,14H,2-3,5-6,9-11,13H2,1H3. The SMILES string of the molecule is CCCC1(C2CCCCC2)C=CC=CC1. The Kier molecular flexibility index (Phi) is 3.66. The summed E-state index contributed by atoms with van der Waals surface area (Å²) >= 11 is 0. The average Bonchev–Trinajstić information content (AvgIpc) is 2.32. The molecule has 1 atom stereocenters. The van der Waals surface area contributed by atoms with Crippen molar-refractivity contribution < 1.29 is 0 Å². The molecule has 2 aliphatic rings. The van der Waals surface area contributed by atoms with Gasteiger partial charge in [0.2, 0.25) is 0 Å². The van der Waals surface area contributed by atoms with Gasteiger partial charge in [0.15, 0.2) is 0 Å². The van der Waals surface area contributed by atoms with Gasteiger partial charge in [0.05, 0.1) is 0 Å². The van der Waals surface area contributed by atoms with Crippen molar-refractivity contribution >= 4 is 0 Å². The molecule has 0 aromatic rings. The molecule has 0 aromatic heterocycles. The van der Waals surface area contributed by atoms with Gasteiger partial charge in [-0.25, -0.2) is 0 Å². The van der Waals surface area contributed by atoms with Gasteiger partial charge in [0.25, 0.3) is 0 Å². The molecule has 1 fully saturated rings. The molecule has 2 rings (SSSR count). The van der Waals surface area contributed by atoms with Crippen LogP contribution in [0.15, 0.2) is 24.3 Å². The third-order valence-electron chi connectivity index (χ3n) is 4.31. The van der Waals surface area contributed by atoms with Crippen molar-refractivity contribution in [3.8, 4) is 0 Å². The Morgan fingerprint density at radius 1 is 1.13 bits per heavy atom. The summed E-state index contributed by atoms with van der Waals surface area (Å²) in [5.74, 6) is 0.965. The molecule has 0 bridgehead atoms. The van der Waals surface area contributed by atoms with Crippen LogP contribution in [0.3, 0.4) is 0 Å². The largest absolute Gasteiger partial charge is 0.0837 e. The molecule has 1 unspecified atom stereocenters. The second kappa shape index (κ2) is 5.01. The van der Waals surface area contributed by atoms with Crippen molar-refractivity contribution in [2.24, 2.45) is 11.3 Å². The van der Waals surface area contributed by atoms with E-state index in [1.54, 1.807) is 0 Å². The molecule has 0 aromatic carbocycles. The minimum atomic E-state index is 0.532. The van der Waals surface area contributed by atoms with Crippen molar-refractivity contribution in [2.45, 2.75) is 58.3 Å². The van der Waals surface area contributed by atoms with Crippen LogP contribution >= 0.6 is 0 Å². The average molecular weight is 204 g/mol. The van der Waals surface area contributed by atoms with Gasteiger partial charge >= 0.3 is 0 Å². The summed E-state index contributed by atoms with van der Waals surface area (Å²) in [6, 6.07) is 0. The Bertz CT molecular complexity index is 243. The molecule has 2 aliphatic carbocycles. The van der Waals surface area contributed by atoms with Crippen molar-refractivity contribution in [3.05, 3.63) is 24.3 Å². The molecule has 0 amide bonds. The molecule has 0 radical (unpaired) electrons. The normalized spacial score (nSPS) is 32.1. The van der Waals surface area contributed by atoms with E-state index in [0.29, 0.717) is 5.41 Å². The summed E-state index contributed by atoms with van der Waals surface area (Å²) < 4.78 is 0. The third-order valence-corrected chi connectivity index (χ3v) is 4.31. The molecule has 0 nitrogen and oxygen atoms in total. The second-order valence-corrected chi connectivity index (χ2v) is 5.31. The Morgan fingerprint density at radius 2 is 1.93 bits per heavy atom. The van der Waals surface area contributed by atoms with Crippen LogP contribution in [-0.4, -0.2) is 0 Å². The van der Waals surface area contributed by atoms with Crippen LogP contribution in [0.25, 0.3) is 0 Å². The molecule has 0 spiro atoms. The fourth-order valence-corrected chi connectivity index (χ4v) is 3.52. The van der Waals surface area contributed by atoms with E-state index in [0.717, 1.165) is 5.92 Å². The molecule has 15 heavy (non-hydrogen) atoms. The van der Waals surface area contributed by atoms with Crippen LogP contribution in [-0.2, 0) is 0 Å². The zero-order valence-electron chi connectivity index (χ0n) is 10.0. The van der Waals surface area contributed by atoms with Gasteiger partial charge in [-0.2, -0.15) is 0 Å². The lowest BCUT2D eigenvalue weighted by atomic mass is 9.63. The number of hydrogen-bond donors (Lipinski definition) is 0. The smallest absolute Gasteiger partial charge is 0.00524 e. The van der Waals surface area contributed by atoms with Crippen molar-refractivity contribution in [2.75, 3.05) is 0 Å². The van der Waals surface area contributed by atoms with Crippen molar-refractivity contribution in [1.82, 2.24) is 0 Å². The van der Waals surface area contributed by atoms with E-state index < -0.39 is 0 Å². The van der Waals surface area contributed by atoms with Crippen LogP contribution in [0.5, 0.6) is 0 Å². The van der Waals surface area contributed by atoms with E-state index in [1.165, 1.54) is 51.4 Å². The maximum atomic E-state index is 2.52. The predicted molar refractivity (Wildman–Crippen MR) is 66.8 cm³/mol. The first-order chi connectivity index (χ1) is 7.37. The molecule has 0 saturated heterocycles. The first-order valence-electron chi connectivity index (χ1n) is 6.72. The van der Waals surface area contributed by atoms with Crippen molar-refractivity contribution in [3.63, 3.8) is 0 Å². The van der Waals surface area contributed by atoms with Gasteiger partial charge in [-0.05, 0) is 37.0 Å². The molecule has 0 N–H and O–H groups in total. The lowest BCUT2D eigenvalue weighted by Gasteiger charge is -2.41.